The summed E-state index contributed by atoms with van der Waals surface area (Å²) in [5.41, 5.74) is 3.82. The lowest BCUT2D eigenvalue weighted by molar-refractivity contribution is 0.408. The Labute approximate surface area is 131 Å². The molecule has 106 valence electrons. The fraction of sp³-hybridized carbons (Fsp3) is 0.250. The van der Waals surface area contributed by atoms with Crippen molar-refractivity contribution in [2.24, 2.45) is 0 Å². The zero-order valence-electron chi connectivity index (χ0n) is 11.5. The molecule has 0 aliphatic carbocycles. The third kappa shape index (κ3) is 2.84. The molecule has 2 aromatic rings. The van der Waals surface area contributed by atoms with Gasteiger partial charge in [0, 0.05) is 0 Å². The third-order valence-electron chi connectivity index (χ3n) is 3.23. The van der Waals surface area contributed by atoms with Crippen molar-refractivity contribution in [3.8, 4) is 5.75 Å². The van der Waals surface area contributed by atoms with Crippen LogP contribution in [0.15, 0.2) is 30.3 Å². The first-order chi connectivity index (χ1) is 9.45. The van der Waals surface area contributed by atoms with Gasteiger partial charge in [-0.3, -0.25) is 0 Å². The largest absolute Gasteiger partial charge is 0.496 e. The van der Waals surface area contributed by atoms with Crippen molar-refractivity contribution in [2.75, 3.05) is 7.11 Å². The van der Waals surface area contributed by atoms with E-state index in [1.165, 1.54) is 6.07 Å². The van der Waals surface area contributed by atoms with Gasteiger partial charge in [0.15, 0.2) is 0 Å². The number of benzene rings is 2. The Hall–Kier alpha value is -1.06. The zero-order chi connectivity index (χ0) is 14.9. The van der Waals surface area contributed by atoms with Gasteiger partial charge >= 0.3 is 0 Å². The smallest absolute Gasteiger partial charge is 0.142 e. The summed E-state index contributed by atoms with van der Waals surface area (Å²) in [5.74, 6) is 0.467. The van der Waals surface area contributed by atoms with Gasteiger partial charge in [-0.2, -0.15) is 0 Å². The molecule has 4 heteroatoms. The van der Waals surface area contributed by atoms with E-state index >= 15 is 0 Å². The highest BCUT2D eigenvalue weighted by molar-refractivity contribution is 9.09. The fourth-order valence-electron chi connectivity index (χ4n) is 2.35. The van der Waals surface area contributed by atoms with Crippen LogP contribution < -0.4 is 4.74 Å². The number of ether oxygens (including phenoxy) is 1. The van der Waals surface area contributed by atoms with Gasteiger partial charge < -0.3 is 4.74 Å². The Balaban J connectivity index is 2.49. The van der Waals surface area contributed by atoms with E-state index < -0.39 is 5.82 Å². The molecule has 2 rings (SSSR count). The highest BCUT2D eigenvalue weighted by atomic mass is 79.9. The summed E-state index contributed by atoms with van der Waals surface area (Å²) < 4.78 is 18.9. The van der Waals surface area contributed by atoms with E-state index in [1.54, 1.807) is 13.2 Å². The minimum atomic E-state index is -0.407. The molecule has 1 nitrogen and oxygen atoms in total. The first-order valence-corrected chi connectivity index (χ1v) is 7.48. The minimum absolute atomic E-state index is 0.153. The van der Waals surface area contributed by atoms with E-state index in [0.717, 1.165) is 28.0 Å². The number of hydrogen-bond acceptors (Lipinski definition) is 1. The standard InChI is InChI=1S/C16H15BrClFO/c1-9-7-11(8-10(2)16(9)20-3)14(17)12-5-4-6-13(19)15(12)18/h4-8,14H,1-3H3. The SMILES string of the molecule is COc1c(C)cc(C(Br)c2cccc(F)c2Cl)cc1C. The minimum Gasteiger partial charge on any atom is -0.496 e. The van der Waals surface area contributed by atoms with Crippen LogP contribution in [0.3, 0.4) is 0 Å². The molecule has 0 fully saturated rings. The summed E-state index contributed by atoms with van der Waals surface area (Å²) in [6.45, 7) is 3.98. The maximum Gasteiger partial charge on any atom is 0.142 e. The molecule has 0 amide bonds. The van der Waals surface area contributed by atoms with Gasteiger partial charge in [0.25, 0.3) is 0 Å². The normalized spacial score (nSPS) is 12.3. The molecular weight excluding hydrogens is 343 g/mol. The Kier molecular flexibility index (Phi) is 4.71. The summed E-state index contributed by atoms with van der Waals surface area (Å²) in [5, 5.41) is 0.153. The van der Waals surface area contributed by atoms with Crippen LogP contribution >= 0.6 is 27.5 Å². The van der Waals surface area contributed by atoms with Crippen molar-refractivity contribution < 1.29 is 9.13 Å². The van der Waals surface area contributed by atoms with Crippen LogP contribution in [-0.2, 0) is 0 Å². The molecule has 1 atom stereocenters. The zero-order valence-corrected chi connectivity index (χ0v) is 13.8. The van der Waals surface area contributed by atoms with Crippen molar-refractivity contribution in [3.63, 3.8) is 0 Å². The van der Waals surface area contributed by atoms with Crippen LogP contribution in [0, 0.1) is 19.7 Å². The van der Waals surface area contributed by atoms with Crippen molar-refractivity contribution in [1.82, 2.24) is 0 Å². The lowest BCUT2D eigenvalue weighted by atomic mass is 9.99. The van der Waals surface area contributed by atoms with Gasteiger partial charge in [0.1, 0.15) is 11.6 Å². The summed E-state index contributed by atoms with van der Waals surface area (Å²) in [7, 11) is 1.66. The molecule has 0 saturated carbocycles. The fourth-order valence-corrected chi connectivity index (χ4v) is 3.36. The molecule has 20 heavy (non-hydrogen) atoms. The van der Waals surface area contributed by atoms with Crippen LogP contribution in [0.2, 0.25) is 5.02 Å². The quantitative estimate of drug-likeness (QED) is 0.651. The molecule has 0 spiro atoms. The first-order valence-electron chi connectivity index (χ1n) is 6.18. The van der Waals surface area contributed by atoms with Crippen LogP contribution in [0.5, 0.6) is 5.75 Å². The van der Waals surface area contributed by atoms with Gasteiger partial charge in [0.05, 0.1) is 17.0 Å². The lowest BCUT2D eigenvalue weighted by Gasteiger charge is -2.16. The third-order valence-corrected chi connectivity index (χ3v) is 4.65. The predicted octanol–water partition coefficient (Wildman–Crippen LogP) is 5.59. The maximum absolute atomic E-state index is 13.6. The van der Waals surface area contributed by atoms with Crippen molar-refractivity contribution in [2.45, 2.75) is 18.7 Å². The van der Waals surface area contributed by atoms with Crippen LogP contribution in [0.4, 0.5) is 4.39 Å². The Morgan fingerprint density at radius 3 is 2.35 bits per heavy atom. The molecule has 0 aliphatic rings. The van der Waals surface area contributed by atoms with E-state index in [1.807, 2.05) is 32.0 Å². The van der Waals surface area contributed by atoms with Crippen LogP contribution in [0.25, 0.3) is 0 Å². The molecule has 0 radical (unpaired) electrons. The van der Waals surface area contributed by atoms with Crippen molar-refractivity contribution in [1.29, 1.82) is 0 Å². The van der Waals surface area contributed by atoms with E-state index in [9.17, 15) is 4.39 Å². The predicted molar refractivity (Wildman–Crippen MR) is 84.6 cm³/mol. The molecule has 0 aromatic heterocycles. The average Bonchev–Trinajstić information content (AvgIpc) is 2.41. The lowest BCUT2D eigenvalue weighted by Crippen LogP contribution is -1.99. The topological polar surface area (TPSA) is 9.23 Å². The van der Waals surface area contributed by atoms with Crippen LogP contribution in [-0.4, -0.2) is 7.11 Å². The number of alkyl halides is 1. The van der Waals surface area contributed by atoms with Crippen molar-refractivity contribution >= 4 is 27.5 Å². The van der Waals surface area contributed by atoms with E-state index in [0.29, 0.717) is 0 Å². The molecule has 0 saturated heterocycles. The summed E-state index contributed by atoms with van der Waals surface area (Å²) >= 11 is 9.65. The van der Waals surface area contributed by atoms with Gasteiger partial charge in [-0.1, -0.05) is 51.8 Å². The second kappa shape index (κ2) is 6.15. The van der Waals surface area contributed by atoms with E-state index in [-0.39, 0.29) is 9.85 Å². The second-order valence-electron chi connectivity index (χ2n) is 4.69. The van der Waals surface area contributed by atoms with E-state index in [2.05, 4.69) is 15.9 Å². The van der Waals surface area contributed by atoms with Gasteiger partial charge in [-0.25, -0.2) is 4.39 Å². The molecule has 1 unspecified atom stereocenters. The average molecular weight is 358 g/mol. The molecule has 0 aliphatic heterocycles. The molecule has 0 N–H and O–H groups in total. The van der Waals surface area contributed by atoms with Crippen molar-refractivity contribution in [3.05, 3.63) is 63.4 Å². The number of methoxy groups -OCH3 is 1. The Bertz CT molecular complexity index is 619. The van der Waals surface area contributed by atoms with Crippen LogP contribution in [0.1, 0.15) is 27.1 Å². The first kappa shape index (κ1) is 15.3. The highest BCUT2D eigenvalue weighted by Gasteiger charge is 2.18. The molecule has 0 heterocycles. The Morgan fingerprint density at radius 2 is 1.80 bits per heavy atom. The molecule has 0 bridgehead atoms. The molecule has 2 aromatic carbocycles. The van der Waals surface area contributed by atoms with Gasteiger partial charge in [-0.15, -0.1) is 0 Å². The maximum atomic E-state index is 13.6. The molecular formula is C16H15BrClFO. The summed E-state index contributed by atoms with van der Waals surface area (Å²) in [6, 6.07) is 8.88. The Morgan fingerprint density at radius 1 is 1.20 bits per heavy atom. The van der Waals surface area contributed by atoms with Gasteiger partial charge in [0.2, 0.25) is 0 Å². The van der Waals surface area contributed by atoms with E-state index in [4.69, 9.17) is 16.3 Å². The summed E-state index contributed by atoms with van der Waals surface area (Å²) in [6.07, 6.45) is 0. The number of rotatable bonds is 3. The number of aryl methyl sites for hydroxylation is 2. The van der Waals surface area contributed by atoms with Gasteiger partial charge in [-0.05, 0) is 42.2 Å². The second-order valence-corrected chi connectivity index (χ2v) is 5.99. The summed E-state index contributed by atoms with van der Waals surface area (Å²) in [4.78, 5) is -0.158. The number of hydrogen-bond donors (Lipinski definition) is 0. The highest BCUT2D eigenvalue weighted by Crippen LogP contribution is 2.38. The number of halogens is 3. The monoisotopic (exact) mass is 356 g/mol.